The summed E-state index contributed by atoms with van der Waals surface area (Å²) < 4.78 is 27.7. The molecule has 161 valence electrons. The Morgan fingerprint density at radius 1 is 0.806 bits per heavy atom. The van der Waals surface area contributed by atoms with Crippen LogP contribution < -0.4 is 0 Å². The molecule has 1 saturated heterocycles. The second-order valence-electron chi connectivity index (χ2n) is 8.84. The molecule has 0 nitrogen and oxygen atoms in total. The lowest BCUT2D eigenvalue weighted by Gasteiger charge is -2.27. The van der Waals surface area contributed by atoms with Crippen molar-refractivity contribution in [2.75, 3.05) is 0 Å². The SMILES string of the molecule is CCC[Si]1CCC(c2ccc(CCc3ccc(-c4ccc(F)cc4)c(F)c3)cc2)CC1. The lowest BCUT2D eigenvalue weighted by molar-refractivity contribution is 0.605. The summed E-state index contributed by atoms with van der Waals surface area (Å²) in [5.74, 6) is 0.186. The van der Waals surface area contributed by atoms with Crippen LogP contribution >= 0.6 is 0 Å². The van der Waals surface area contributed by atoms with Gasteiger partial charge in [0.15, 0.2) is 0 Å². The minimum atomic E-state index is -0.308. The van der Waals surface area contributed by atoms with Gasteiger partial charge in [-0.15, -0.1) is 0 Å². The molecule has 0 saturated carbocycles. The highest BCUT2D eigenvalue weighted by atomic mass is 28.3. The van der Waals surface area contributed by atoms with E-state index in [9.17, 15) is 8.78 Å². The van der Waals surface area contributed by atoms with Crippen molar-refractivity contribution < 1.29 is 8.78 Å². The standard InChI is InChI=1S/C28H31F2Si/c1-2-17-31-18-15-24(16-19-31)23-8-5-21(6-9-23)3-4-22-7-14-27(28(30)20-22)25-10-12-26(29)13-11-25/h5-14,20,24H,2-4,15-19H2,1H3. The van der Waals surface area contributed by atoms with E-state index < -0.39 is 0 Å². The number of hydrogen-bond donors (Lipinski definition) is 0. The molecule has 0 aliphatic carbocycles. The molecule has 0 N–H and O–H groups in total. The van der Waals surface area contributed by atoms with Crippen LogP contribution in [0.5, 0.6) is 0 Å². The van der Waals surface area contributed by atoms with E-state index in [0.717, 1.165) is 24.3 Å². The zero-order valence-electron chi connectivity index (χ0n) is 18.3. The van der Waals surface area contributed by atoms with Crippen molar-refractivity contribution in [2.24, 2.45) is 0 Å². The lowest BCUT2D eigenvalue weighted by Crippen LogP contribution is -2.20. The summed E-state index contributed by atoms with van der Waals surface area (Å²) in [6, 6.07) is 24.9. The average molecular weight is 434 g/mol. The van der Waals surface area contributed by atoms with E-state index in [1.54, 1.807) is 24.3 Å². The largest absolute Gasteiger partial charge is 0.207 e. The third-order valence-corrected chi connectivity index (χ3v) is 9.84. The maximum absolute atomic E-state index is 14.6. The molecule has 0 spiro atoms. The Hall–Kier alpha value is -2.26. The first-order valence-corrected chi connectivity index (χ1v) is 13.7. The van der Waals surface area contributed by atoms with Crippen molar-refractivity contribution in [3.63, 3.8) is 0 Å². The summed E-state index contributed by atoms with van der Waals surface area (Å²) in [5, 5.41) is 0. The van der Waals surface area contributed by atoms with Crippen LogP contribution in [0.3, 0.4) is 0 Å². The fourth-order valence-corrected chi connectivity index (χ4v) is 7.76. The predicted octanol–water partition coefficient (Wildman–Crippen LogP) is 8.20. The van der Waals surface area contributed by atoms with Gasteiger partial charge in [-0.25, -0.2) is 8.78 Å². The molecule has 3 aromatic carbocycles. The number of rotatable bonds is 7. The van der Waals surface area contributed by atoms with Crippen molar-refractivity contribution in [3.05, 3.63) is 95.1 Å². The Morgan fingerprint density at radius 2 is 1.45 bits per heavy atom. The van der Waals surface area contributed by atoms with Gasteiger partial charge in [-0.05, 0) is 72.1 Å². The molecular formula is C28H31F2Si. The van der Waals surface area contributed by atoms with Gasteiger partial charge in [0.2, 0.25) is 0 Å². The second-order valence-corrected chi connectivity index (χ2v) is 11.8. The summed E-state index contributed by atoms with van der Waals surface area (Å²) >= 11 is 0. The molecule has 3 aromatic rings. The van der Waals surface area contributed by atoms with E-state index in [2.05, 4.69) is 31.2 Å². The van der Waals surface area contributed by atoms with E-state index in [4.69, 9.17) is 0 Å². The third kappa shape index (κ3) is 5.71. The van der Waals surface area contributed by atoms with Crippen LogP contribution in [0.4, 0.5) is 8.78 Å². The maximum atomic E-state index is 14.6. The van der Waals surface area contributed by atoms with Gasteiger partial charge in [-0.1, -0.05) is 80.0 Å². The van der Waals surface area contributed by atoms with Gasteiger partial charge in [0, 0.05) is 14.4 Å². The first kappa shape index (κ1) is 21.9. The van der Waals surface area contributed by atoms with Crippen LogP contribution in [0, 0.1) is 11.6 Å². The van der Waals surface area contributed by atoms with Crippen molar-refractivity contribution >= 4 is 8.80 Å². The Morgan fingerprint density at radius 3 is 2.10 bits per heavy atom. The van der Waals surface area contributed by atoms with Gasteiger partial charge in [-0.2, -0.15) is 0 Å². The number of halogens is 2. The summed E-state index contributed by atoms with van der Waals surface area (Å²) in [7, 11) is -0.0588. The molecule has 0 amide bonds. The fraction of sp³-hybridized carbons (Fsp3) is 0.357. The highest BCUT2D eigenvalue weighted by Gasteiger charge is 2.22. The normalized spacial score (nSPS) is 15.3. The van der Waals surface area contributed by atoms with Crippen LogP contribution in [0.2, 0.25) is 18.1 Å². The van der Waals surface area contributed by atoms with Crippen molar-refractivity contribution in [2.45, 2.75) is 63.1 Å². The van der Waals surface area contributed by atoms with Crippen molar-refractivity contribution in [1.29, 1.82) is 0 Å². The molecular weight excluding hydrogens is 402 g/mol. The van der Waals surface area contributed by atoms with Crippen LogP contribution in [-0.2, 0) is 12.8 Å². The molecule has 1 fully saturated rings. The molecule has 1 aliphatic rings. The summed E-state index contributed by atoms with van der Waals surface area (Å²) in [6.07, 6.45) is 5.81. The summed E-state index contributed by atoms with van der Waals surface area (Å²) in [5.41, 5.74) is 5.01. The second kappa shape index (κ2) is 10.4. The highest BCUT2D eigenvalue weighted by molar-refractivity contribution is 6.59. The van der Waals surface area contributed by atoms with E-state index in [0.29, 0.717) is 11.1 Å². The topological polar surface area (TPSA) is 0 Å². The van der Waals surface area contributed by atoms with E-state index in [-0.39, 0.29) is 20.4 Å². The fourth-order valence-electron chi connectivity index (χ4n) is 4.79. The monoisotopic (exact) mass is 433 g/mol. The van der Waals surface area contributed by atoms with Gasteiger partial charge in [0.1, 0.15) is 11.6 Å². The van der Waals surface area contributed by atoms with Gasteiger partial charge in [0.25, 0.3) is 0 Å². The minimum Gasteiger partial charge on any atom is -0.207 e. The molecule has 3 heteroatoms. The maximum Gasteiger partial charge on any atom is 0.131 e. The first-order valence-electron chi connectivity index (χ1n) is 11.6. The molecule has 0 atom stereocenters. The predicted molar refractivity (Wildman–Crippen MR) is 128 cm³/mol. The Labute approximate surface area is 186 Å². The molecule has 0 aromatic heterocycles. The van der Waals surface area contributed by atoms with Crippen molar-refractivity contribution in [3.8, 4) is 11.1 Å². The Balaban J connectivity index is 1.33. The number of hydrogen-bond acceptors (Lipinski definition) is 0. The van der Waals surface area contributed by atoms with Crippen LogP contribution in [0.15, 0.2) is 66.7 Å². The van der Waals surface area contributed by atoms with Crippen LogP contribution in [0.25, 0.3) is 11.1 Å². The quantitative estimate of drug-likeness (QED) is 0.329. The van der Waals surface area contributed by atoms with Crippen molar-refractivity contribution in [1.82, 2.24) is 0 Å². The van der Waals surface area contributed by atoms with Crippen LogP contribution in [-0.4, -0.2) is 8.80 Å². The zero-order valence-corrected chi connectivity index (χ0v) is 19.3. The third-order valence-electron chi connectivity index (χ3n) is 6.64. The Kier molecular flexibility index (Phi) is 7.34. The van der Waals surface area contributed by atoms with Gasteiger partial charge in [-0.3, -0.25) is 0 Å². The molecule has 0 bridgehead atoms. The van der Waals surface area contributed by atoms with Crippen LogP contribution in [0.1, 0.15) is 48.8 Å². The zero-order chi connectivity index (χ0) is 21.6. The number of benzene rings is 3. The van der Waals surface area contributed by atoms with Gasteiger partial charge < -0.3 is 0 Å². The number of aryl methyl sites for hydroxylation is 2. The first-order chi connectivity index (χ1) is 15.1. The summed E-state index contributed by atoms with van der Waals surface area (Å²) in [6.45, 7) is 2.32. The molecule has 1 radical (unpaired) electrons. The molecule has 31 heavy (non-hydrogen) atoms. The smallest absolute Gasteiger partial charge is 0.131 e. The van der Waals surface area contributed by atoms with Gasteiger partial charge >= 0.3 is 0 Å². The average Bonchev–Trinajstić information content (AvgIpc) is 2.80. The van der Waals surface area contributed by atoms with E-state index in [1.807, 2.05) is 6.07 Å². The molecule has 1 aliphatic heterocycles. The van der Waals surface area contributed by atoms with E-state index >= 15 is 0 Å². The lowest BCUT2D eigenvalue weighted by atomic mass is 9.92. The molecule has 4 rings (SSSR count). The molecule has 1 heterocycles. The minimum absolute atomic E-state index is 0.0588. The van der Waals surface area contributed by atoms with E-state index in [1.165, 1.54) is 60.7 Å². The molecule has 0 unspecified atom stereocenters. The summed E-state index contributed by atoms with van der Waals surface area (Å²) in [4.78, 5) is 0. The highest BCUT2D eigenvalue weighted by Crippen LogP contribution is 2.35. The van der Waals surface area contributed by atoms with Gasteiger partial charge in [0.05, 0.1) is 0 Å². The Bertz CT molecular complexity index is 971.